The van der Waals surface area contributed by atoms with Gasteiger partial charge in [0.25, 0.3) is 0 Å². The van der Waals surface area contributed by atoms with Gasteiger partial charge < -0.3 is 25.0 Å². The number of amides is 1. The number of aliphatic imine (C=N–C) groups is 1. The molecule has 0 radical (unpaired) electrons. The van der Waals surface area contributed by atoms with E-state index in [0.717, 1.165) is 24.4 Å². The Labute approximate surface area is 171 Å². The SMILES string of the molecule is CCOC(=O)N1CCC(NC(=NC)NCc2ccc(OC)nc2)CC1.I. The zero-order valence-electron chi connectivity index (χ0n) is 15.5. The summed E-state index contributed by atoms with van der Waals surface area (Å²) in [4.78, 5) is 21.9. The molecule has 0 atom stereocenters. The van der Waals surface area contributed by atoms with Crippen molar-refractivity contribution in [2.24, 2.45) is 4.99 Å². The first-order valence-corrected chi connectivity index (χ1v) is 8.54. The van der Waals surface area contributed by atoms with Crippen LogP contribution in [0.4, 0.5) is 4.79 Å². The van der Waals surface area contributed by atoms with Crippen LogP contribution in [0.15, 0.2) is 23.3 Å². The summed E-state index contributed by atoms with van der Waals surface area (Å²) in [7, 11) is 3.34. The molecule has 0 saturated carbocycles. The van der Waals surface area contributed by atoms with E-state index in [-0.39, 0.29) is 36.1 Å². The molecule has 8 nitrogen and oxygen atoms in total. The number of carbonyl (C=O) groups excluding carboxylic acids is 1. The van der Waals surface area contributed by atoms with E-state index in [1.807, 2.05) is 19.1 Å². The second-order valence-corrected chi connectivity index (χ2v) is 5.74. The predicted octanol–water partition coefficient (Wildman–Crippen LogP) is 1.99. The average Bonchev–Trinajstić information content (AvgIpc) is 2.66. The van der Waals surface area contributed by atoms with Gasteiger partial charge in [-0.1, -0.05) is 6.07 Å². The number of hydrogen-bond acceptors (Lipinski definition) is 5. The molecule has 2 rings (SSSR count). The normalized spacial score (nSPS) is 15.0. The van der Waals surface area contributed by atoms with E-state index in [1.165, 1.54) is 0 Å². The molecule has 1 aromatic heterocycles. The predicted molar refractivity (Wildman–Crippen MR) is 111 cm³/mol. The number of pyridine rings is 1. The lowest BCUT2D eigenvalue weighted by molar-refractivity contribution is 0.0963. The third-order valence-corrected chi connectivity index (χ3v) is 4.05. The molecule has 1 amide bonds. The number of ether oxygens (including phenoxy) is 2. The van der Waals surface area contributed by atoms with Crippen molar-refractivity contribution >= 4 is 36.0 Å². The van der Waals surface area contributed by atoms with Crippen LogP contribution >= 0.6 is 24.0 Å². The summed E-state index contributed by atoms with van der Waals surface area (Å²) < 4.78 is 10.1. The van der Waals surface area contributed by atoms with Crippen LogP contribution in [-0.2, 0) is 11.3 Å². The lowest BCUT2D eigenvalue weighted by Gasteiger charge is -2.32. The molecule has 9 heteroatoms. The number of rotatable bonds is 5. The summed E-state index contributed by atoms with van der Waals surface area (Å²) in [5, 5.41) is 6.68. The fraction of sp³-hybridized carbons (Fsp3) is 0.588. The minimum Gasteiger partial charge on any atom is -0.481 e. The van der Waals surface area contributed by atoms with Crippen molar-refractivity contribution in [1.29, 1.82) is 0 Å². The van der Waals surface area contributed by atoms with Gasteiger partial charge in [-0.15, -0.1) is 24.0 Å². The molecule has 0 unspecified atom stereocenters. The van der Waals surface area contributed by atoms with Crippen molar-refractivity contribution in [3.05, 3.63) is 23.9 Å². The molecule has 1 aliphatic rings. The number of aromatic nitrogens is 1. The lowest BCUT2D eigenvalue weighted by Crippen LogP contribution is -2.49. The van der Waals surface area contributed by atoms with Gasteiger partial charge in [0.15, 0.2) is 5.96 Å². The van der Waals surface area contributed by atoms with Crippen LogP contribution in [-0.4, -0.2) is 61.8 Å². The van der Waals surface area contributed by atoms with Gasteiger partial charge in [-0.05, 0) is 25.3 Å². The molecule has 2 heterocycles. The number of halogens is 1. The Bertz CT molecular complexity index is 574. The number of methoxy groups -OCH3 is 1. The number of likely N-dealkylation sites (tertiary alicyclic amines) is 1. The largest absolute Gasteiger partial charge is 0.481 e. The third kappa shape index (κ3) is 6.85. The van der Waals surface area contributed by atoms with Crippen LogP contribution in [0, 0.1) is 0 Å². The summed E-state index contributed by atoms with van der Waals surface area (Å²) in [6, 6.07) is 4.08. The molecule has 26 heavy (non-hydrogen) atoms. The summed E-state index contributed by atoms with van der Waals surface area (Å²) in [5.74, 6) is 1.34. The van der Waals surface area contributed by atoms with Crippen LogP contribution in [0.25, 0.3) is 0 Å². The van der Waals surface area contributed by atoms with Crippen LogP contribution in [0.1, 0.15) is 25.3 Å². The van der Waals surface area contributed by atoms with Gasteiger partial charge in [0, 0.05) is 45.0 Å². The highest BCUT2D eigenvalue weighted by Gasteiger charge is 2.23. The Morgan fingerprint density at radius 2 is 2.12 bits per heavy atom. The fourth-order valence-electron chi connectivity index (χ4n) is 2.63. The lowest BCUT2D eigenvalue weighted by atomic mass is 10.1. The Morgan fingerprint density at radius 1 is 1.38 bits per heavy atom. The first kappa shape index (κ1) is 22.3. The number of nitrogens with zero attached hydrogens (tertiary/aromatic N) is 3. The van der Waals surface area contributed by atoms with E-state index in [9.17, 15) is 4.79 Å². The van der Waals surface area contributed by atoms with Crippen molar-refractivity contribution in [2.45, 2.75) is 32.4 Å². The van der Waals surface area contributed by atoms with Gasteiger partial charge in [0.05, 0.1) is 13.7 Å². The summed E-state index contributed by atoms with van der Waals surface area (Å²) >= 11 is 0. The molecular formula is C17H28IN5O3. The molecular weight excluding hydrogens is 449 g/mol. The zero-order valence-corrected chi connectivity index (χ0v) is 17.9. The van der Waals surface area contributed by atoms with Gasteiger partial charge >= 0.3 is 6.09 Å². The highest BCUT2D eigenvalue weighted by atomic mass is 127. The smallest absolute Gasteiger partial charge is 0.409 e. The van der Waals surface area contributed by atoms with E-state index in [0.29, 0.717) is 32.1 Å². The zero-order chi connectivity index (χ0) is 18.1. The van der Waals surface area contributed by atoms with Gasteiger partial charge in [-0.2, -0.15) is 0 Å². The molecule has 146 valence electrons. The number of carbonyl (C=O) groups is 1. The molecule has 0 spiro atoms. The van der Waals surface area contributed by atoms with Gasteiger partial charge in [-0.25, -0.2) is 9.78 Å². The molecule has 0 bridgehead atoms. The second kappa shape index (κ2) is 11.8. The molecule has 1 aromatic rings. The summed E-state index contributed by atoms with van der Waals surface area (Å²) in [6.07, 6.45) is 3.28. The maximum Gasteiger partial charge on any atom is 0.409 e. The van der Waals surface area contributed by atoms with E-state index >= 15 is 0 Å². The van der Waals surface area contributed by atoms with Crippen LogP contribution in [0.3, 0.4) is 0 Å². The Kier molecular flexibility index (Phi) is 10.1. The Balaban J connectivity index is 0.00000338. The molecule has 0 aromatic carbocycles. The molecule has 0 aliphatic carbocycles. The first-order valence-electron chi connectivity index (χ1n) is 8.54. The van der Waals surface area contributed by atoms with Crippen molar-refractivity contribution in [3.8, 4) is 5.88 Å². The first-order chi connectivity index (χ1) is 12.2. The van der Waals surface area contributed by atoms with Crippen molar-refractivity contribution in [1.82, 2.24) is 20.5 Å². The van der Waals surface area contributed by atoms with E-state index < -0.39 is 0 Å². The highest BCUT2D eigenvalue weighted by molar-refractivity contribution is 14.0. The summed E-state index contributed by atoms with van der Waals surface area (Å²) in [6.45, 7) is 4.23. The van der Waals surface area contributed by atoms with E-state index in [2.05, 4.69) is 20.6 Å². The summed E-state index contributed by atoms with van der Waals surface area (Å²) in [5.41, 5.74) is 1.04. The number of hydrogen-bond donors (Lipinski definition) is 2. The third-order valence-electron chi connectivity index (χ3n) is 4.05. The minimum absolute atomic E-state index is 0. The van der Waals surface area contributed by atoms with E-state index in [1.54, 1.807) is 25.3 Å². The molecule has 1 fully saturated rings. The van der Waals surface area contributed by atoms with Crippen molar-refractivity contribution in [2.75, 3.05) is 33.9 Å². The van der Waals surface area contributed by atoms with Crippen LogP contribution in [0.5, 0.6) is 5.88 Å². The van der Waals surface area contributed by atoms with Gasteiger partial charge in [0.1, 0.15) is 0 Å². The minimum atomic E-state index is -0.226. The van der Waals surface area contributed by atoms with Gasteiger partial charge in [-0.3, -0.25) is 4.99 Å². The Morgan fingerprint density at radius 3 is 2.65 bits per heavy atom. The average molecular weight is 477 g/mol. The quantitative estimate of drug-likeness (QED) is 0.383. The van der Waals surface area contributed by atoms with Crippen molar-refractivity contribution < 1.29 is 14.3 Å². The van der Waals surface area contributed by atoms with Crippen LogP contribution in [0.2, 0.25) is 0 Å². The Hall–Kier alpha value is -1.78. The molecule has 1 saturated heterocycles. The monoisotopic (exact) mass is 477 g/mol. The topological polar surface area (TPSA) is 88.1 Å². The number of guanidine groups is 1. The maximum atomic E-state index is 11.7. The van der Waals surface area contributed by atoms with Gasteiger partial charge in [0.2, 0.25) is 5.88 Å². The van der Waals surface area contributed by atoms with Crippen LogP contribution < -0.4 is 15.4 Å². The maximum absolute atomic E-state index is 11.7. The standard InChI is InChI=1S/C17H27N5O3.HI/c1-4-25-17(23)22-9-7-14(8-10-22)21-16(18-2)20-12-13-5-6-15(24-3)19-11-13;/h5-6,11,14H,4,7-10,12H2,1-3H3,(H2,18,20,21);1H. The van der Waals surface area contributed by atoms with E-state index in [4.69, 9.17) is 9.47 Å². The van der Waals surface area contributed by atoms with Crippen molar-refractivity contribution in [3.63, 3.8) is 0 Å². The second-order valence-electron chi connectivity index (χ2n) is 5.74. The molecule has 2 N–H and O–H groups in total. The molecule has 1 aliphatic heterocycles. The number of nitrogens with one attached hydrogen (secondary N) is 2. The number of piperidine rings is 1. The highest BCUT2D eigenvalue weighted by Crippen LogP contribution is 2.11. The fourth-order valence-corrected chi connectivity index (χ4v) is 2.63.